The third kappa shape index (κ3) is 1.49. The molecule has 2 nitrogen and oxygen atoms in total. The summed E-state index contributed by atoms with van der Waals surface area (Å²) in [5.41, 5.74) is 1.85. The molecule has 0 unspecified atom stereocenters. The van der Waals surface area contributed by atoms with Gasteiger partial charge in [-0.15, -0.1) is 6.42 Å². The van der Waals surface area contributed by atoms with E-state index in [-0.39, 0.29) is 16.9 Å². The van der Waals surface area contributed by atoms with Gasteiger partial charge >= 0.3 is 0 Å². The number of aromatic hydroxyl groups is 1. The molecule has 0 atom stereocenters. The van der Waals surface area contributed by atoms with E-state index in [0.717, 1.165) is 12.0 Å². The van der Waals surface area contributed by atoms with Gasteiger partial charge in [0.2, 0.25) is 0 Å². The lowest BCUT2D eigenvalue weighted by atomic mass is 9.71. The van der Waals surface area contributed by atoms with Gasteiger partial charge < -0.3 is 5.11 Å². The first-order chi connectivity index (χ1) is 7.45. The predicted octanol–water partition coefficient (Wildman–Crippen LogP) is 2.63. The Balaban J connectivity index is 2.75. The molecule has 0 spiro atoms. The van der Waals surface area contributed by atoms with E-state index in [0.29, 0.717) is 17.5 Å². The van der Waals surface area contributed by atoms with Crippen LogP contribution in [0.4, 0.5) is 0 Å². The fourth-order valence-corrected chi connectivity index (χ4v) is 2.22. The molecular formula is C14H14O2. The third-order valence-corrected chi connectivity index (χ3v) is 3.27. The number of hydrogen-bond acceptors (Lipinski definition) is 2. The van der Waals surface area contributed by atoms with Crippen molar-refractivity contribution < 1.29 is 9.90 Å². The number of rotatable bonds is 0. The lowest BCUT2D eigenvalue weighted by molar-refractivity contribution is 0.0953. The number of carbonyl (C=O) groups excluding carboxylic acids is 1. The van der Waals surface area contributed by atoms with Crippen molar-refractivity contribution >= 4 is 5.78 Å². The van der Waals surface area contributed by atoms with E-state index >= 15 is 0 Å². The monoisotopic (exact) mass is 214 g/mol. The van der Waals surface area contributed by atoms with Gasteiger partial charge in [-0.25, -0.2) is 0 Å². The fourth-order valence-electron chi connectivity index (χ4n) is 2.22. The number of phenols is 1. The number of phenolic OH excluding ortho intramolecular Hbond substituents is 1. The van der Waals surface area contributed by atoms with Crippen molar-refractivity contribution in [3.05, 3.63) is 28.8 Å². The maximum absolute atomic E-state index is 11.8. The molecule has 1 aromatic rings. The zero-order valence-corrected chi connectivity index (χ0v) is 9.50. The zero-order valence-electron chi connectivity index (χ0n) is 9.50. The second-order valence-corrected chi connectivity index (χ2v) is 4.87. The van der Waals surface area contributed by atoms with Gasteiger partial charge in [0.05, 0.1) is 5.56 Å². The van der Waals surface area contributed by atoms with Crippen molar-refractivity contribution in [2.75, 3.05) is 0 Å². The highest BCUT2D eigenvalue weighted by atomic mass is 16.3. The molecule has 0 bridgehead atoms. The van der Waals surface area contributed by atoms with Gasteiger partial charge in [0.15, 0.2) is 5.78 Å². The van der Waals surface area contributed by atoms with Gasteiger partial charge in [-0.3, -0.25) is 4.79 Å². The van der Waals surface area contributed by atoms with Crippen LogP contribution in [0.5, 0.6) is 5.75 Å². The SMILES string of the molecule is C#Cc1cc(O)c2c(c1)C(C)(C)CCC2=O. The van der Waals surface area contributed by atoms with E-state index in [1.54, 1.807) is 0 Å². The van der Waals surface area contributed by atoms with Crippen molar-refractivity contribution in [1.82, 2.24) is 0 Å². The van der Waals surface area contributed by atoms with E-state index in [4.69, 9.17) is 6.42 Å². The van der Waals surface area contributed by atoms with Crippen LogP contribution in [0, 0.1) is 12.3 Å². The minimum absolute atomic E-state index is 0.00963. The fraction of sp³-hybridized carbons (Fsp3) is 0.357. The van der Waals surface area contributed by atoms with Crippen molar-refractivity contribution in [3.8, 4) is 18.1 Å². The van der Waals surface area contributed by atoms with Crippen molar-refractivity contribution in [3.63, 3.8) is 0 Å². The molecule has 1 aliphatic carbocycles. The highest BCUT2D eigenvalue weighted by Crippen LogP contribution is 2.40. The lowest BCUT2D eigenvalue weighted by Crippen LogP contribution is -2.27. The summed E-state index contributed by atoms with van der Waals surface area (Å²) in [6, 6.07) is 3.32. The van der Waals surface area contributed by atoms with Crippen LogP contribution in [-0.2, 0) is 5.41 Å². The number of Topliss-reactive ketones (excluding diaryl/α,β-unsaturated/α-hetero) is 1. The quantitative estimate of drug-likeness (QED) is 0.674. The Bertz CT molecular complexity index is 504. The number of ketones is 1. The Morgan fingerprint density at radius 3 is 2.75 bits per heavy atom. The molecule has 1 aromatic carbocycles. The molecule has 0 amide bonds. The van der Waals surface area contributed by atoms with Crippen LogP contribution in [-0.4, -0.2) is 10.9 Å². The van der Waals surface area contributed by atoms with Gasteiger partial charge in [0, 0.05) is 12.0 Å². The van der Waals surface area contributed by atoms with Gasteiger partial charge in [0.25, 0.3) is 0 Å². The van der Waals surface area contributed by atoms with Crippen LogP contribution in [0.25, 0.3) is 0 Å². The Morgan fingerprint density at radius 1 is 1.44 bits per heavy atom. The van der Waals surface area contributed by atoms with Crippen molar-refractivity contribution in [1.29, 1.82) is 0 Å². The summed E-state index contributed by atoms with van der Waals surface area (Å²) in [6.07, 6.45) is 6.62. The largest absolute Gasteiger partial charge is 0.507 e. The van der Waals surface area contributed by atoms with Crippen LogP contribution in [0.1, 0.15) is 48.2 Å². The normalized spacial score (nSPS) is 17.7. The Kier molecular flexibility index (Phi) is 2.27. The molecule has 0 heterocycles. The Labute approximate surface area is 95.3 Å². The second-order valence-electron chi connectivity index (χ2n) is 4.87. The van der Waals surface area contributed by atoms with E-state index in [9.17, 15) is 9.90 Å². The molecule has 0 saturated heterocycles. The lowest BCUT2D eigenvalue weighted by Gasteiger charge is -2.32. The van der Waals surface area contributed by atoms with Gasteiger partial charge in [-0.05, 0) is 29.5 Å². The second kappa shape index (κ2) is 3.38. The first kappa shape index (κ1) is 10.8. The summed E-state index contributed by atoms with van der Waals surface area (Å²) in [7, 11) is 0. The van der Waals surface area contributed by atoms with Crippen molar-refractivity contribution in [2.45, 2.75) is 32.1 Å². The maximum atomic E-state index is 11.8. The summed E-state index contributed by atoms with van der Waals surface area (Å²) < 4.78 is 0. The highest BCUT2D eigenvalue weighted by molar-refractivity contribution is 6.01. The topological polar surface area (TPSA) is 37.3 Å². The smallest absolute Gasteiger partial charge is 0.166 e. The van der Waals surface area contributed by atoms with Gasteiger partial charge in [-0.1, -0.05) is 19.8 Å². The van der Waals surface area contributed by atoms with Crippen molar-refractivity contribution in [2.24, 2.45) is 0 Å². The summed E-state index contributed by atoms with van der Waals surface area (Å²) >= 11 is 0. The standard InChI is InChI=1S/C14H14O2/c1-4-9-7-10-13(12(16)8-9)11(15)5-6-14(10,2)3/h1,7-8,16H,5-6H2,2-3H3. The molecule has 1 N–H and O–H groups in total. The van der Waals surface area contributed by atoms with Gasteiger partial charge in [0.1, 0.15) is 5.75 Å². The van der Waals surface area contributed by atoms with Crippen LogP contribution in [0.3, 0.4) is 0 Å². The molecule has 82 valence electrons. The minimum atomic E-state index is -0.104. The summed E-state index contributed by atoms with van der Waals surface area (Å²) in [5.74, 6) is 2.53. The first-order valence-corrected chi connectivity index (χ1v) is 5.33. The Morgan fingerprint density at radius 2 is 2.12 bits per heavy atom. The molecule has 16 heavy (non-hydrogen) atoms. The van der Waals surface area contributed by atoms with E-state index in [1.165, 1.54) is 6.07 Å². The molecule has 1 aliphatic rings. The highest BCUT2D eigenvalue weighted by Gasteiger charge is 2.33. The van der Waals surface area contributed by atoms with Gasteiger partial charge in [-0.2, -0.15) is 0 Å². The first-order valence-electron chi connectivity index (χ1n) is 5.33. The average molecular weight is 214 g/mol. The van der Waals surface area contributed by atoms with E-state index < -0.39 is 0 Å². The molecule has 0 aliphatic heterocycles. The average Bonchev–Trinajstić information content (AvgIpc) is 2.23. The molecule has 2 rings (SSSR count). The summed E-state index contributed by atoms with van der Waals surface area (Å²) in [4.78, 5) is 11.8. The van der Waals surface area contributed by atoms with Crippen LogP contribution in [0.2, 0.25) is 0 Å². The molecule has 0 radical (unpaired) electrons. The number of fused-ring (bicyclic) bond motifs is 1. The number of carbonyl (C=O) groups is 1. The maximum Gasteiger partial charge on any atom is 0.166 e. The molecular weight excluding hydrogens is 200 g/mol. The molecule has 2 heteroatoms. The molecule has 0 saturated carbocycles. The van der Waals surface area contributed by atoms with E-state index in [2.05, 4.69) is 19.8 Å². The molecule has 0 aromatic heterocycles. The number of benzene rings is 1. The predicted molar refractivity (Wildman–Crippen MR) is 62.6 cm³/mol. The molecule has 0 fully saturated rings. The number of terminal acetylenes is 1. The Hall–Kier alpha value is -1.75. The number of hydrogen-bond donors (Lipinski definition) is 1. The van der Waals surface area contributed by atoms with Crippen LogP contribution < -0.4 is 0 Å². The zero-order chi connectivity index (χ0) is 11.9. The van der Waals surface area contributed by atoms with E-state index in [1.807, 2.05) is 6.07 Å². The summed E-state index contributed by atoms with van der Waals surface area (Å²) in [6.45, 7) is 4.13. The summed E-state index contributed by atoms with van der Waals surface area (Å²) in [5, 5.41) is 9.85. The van der Waals surface area contributed by atoms with Crippen LogP contribution in [0.15, 0.2) is 12.1 Å². The third-order valence-electron chi connectivity index (χ3n) is 3.27. The minimum Gasteiger partial charge on any atom is -0.507 e. The van der Waals surface area contributed by atoms with Crippen LogP contribution >= 0.6 is 0 Å².